The van der Waals surface area contributed by atoms with Gasteiger partial charge in [0.15, 0.2) is 0 Å². The zero-order valence-corrected chi connectivity index (χ0v) is 32.0. The third-order valence-corrected chi connectivity index (χ3v) is 8.97. The zero-order chi connectivity index (χ0) is 38.9. The third-order valence-electron chi connectivity index (χ3n) is 7.50. The summed E-state index contributed by atoms with van der Waals surface area (Å²) in [7, 11) is 0. The van der Waals surface area contributed by atoms with Crippen molar-refractivity contribution in [3.05, 3.63) is 118 Å². The van der Waals surface area contributed by atoms with Gasteiger partial charge < -0.3 is 26.4 Å². The molecule has 2 atom stereocenters. The summed E-state index contributed by atoms with van der Waals surface area (Å²) in [6.07, 6.45) is 6.49. The maximum absolute atomic E-state index is 12.9. The highest BCUT2D eigenvalue weighted by molar-refractivity contribution is 7.08. The number of fused-ring (bicyclic) bond motifs is 2. The van der Waals surface area contributed by atoms with Gasteiger partial charge in [-0.2, -0.15) is 28.2 Å². The van der Waals surface area contributed by atoms with Crippen LogP contribution in [-0.2, 0) is 14.3 Å². The van der Waals surface area contributed by atoms with Gasteiger partial charge in [0.25, 0.3) is 0 Å². The number of rotatable bonds is 10. The number of carbonyl (C=O) groups excluding carboxylic acids is 3. The Hall–Kier alpha value is -5.68. The number of anilines is 2. The number of thiophene rings is 2. The Bertz CT molecular complexity index is 2160. The van der Waals surface area contributed by atoms with E-state index in [4.69, 9.17) is 16.0 Å². The Balaban J connectivity index is 0.000000266. The van der Waals surface area contributed by atoms with E-state index in [1.54, 1.807) is 56.9 Å². The van der Waals surface area contributed by atoms with E-state index in [9.17, 15) is 14.4 Å². The Morgan fingerprint density at radius 1 is 0.818 bits per heavy atom. The molecule has 4 heterocycles. The summed E-state index contributed by atoms with van der Waals surface area (Å²) >= 11 is 7.62. The van der Waals surface area contributed by atoms with Crippen molar-refractivity contribution in [2.75, 3.05) is 23.7 Å². The topological polar surface area (TPSA) is 209 Å². The molecule has 288 valence electrons. The van der Waals surface area contributed by atoms with Crippen molar-refractivity contribution in [3.8, 4) is 0 Å². The average Bonchev–Trinajstić information content (AvgIpc) is 3.88. The molecule has 55 heavy (non-hydrogen) atoms. The van der Waals surface area contributed by atoms with Crippen LogP contribution < -0.4 is 21.7 Å². The molecule has 4 aromatic heterocycles. The molecule has 0 aliphatic rings. The van der Waals surface area contributed by atoms with Crippen LogP contribution >= 0.6 is 34.5 Å². The van der Waals surface area contributed by atoms with Gasteiger partial charge in [-0.25, -0.2) is 4.79 Å². The molecule has 3 amide bonds. The average molecular weight is 803 g/mol. The summed E-state index contributed by atoms with van der Waals surface area (Å²) in [5.74, 6) is -1.11. The number of nitrogens with one attached hydrogen (secondary N) is 4. The van der Waals surface area contributed by atoms with E-state index in [1.807, 2.05) is 82.2 Å². The summed E-state index contributed by atoms with van der Waals surface area (Å²) in [6, 6.07) is 19.1. The van der Waals surface area contributed by atoms with Gasteiger partial charge in [0.1, 0.15) is 5.60 Å². The number of ether oxygens (including phenoxy) is 1. The monoisotopic (exact) mass is 802 g/mol. The van der Waals surface area contributed by atoms with Crippen molar-refractivity contribution in [3.63, 3.8) is 0 Å². The van der Waals surface area contributed by atoms with E-state index in [2.05, 4.69) is 52.8 Å². The van der Waals surface area contributed by atoms with Gasteiger partial charge in [-0.15, -0.1) is 0 Å². The van der Waals surface area contributed by atoms with Gasteiger partial charge in [0.05, 0.1) is 23.6 Å². The molecule has 6 N–H and O–H groups in total. The summed E-state index contributed by atoms with van der Waals surface area (Å²) in [5.41, 5.74) is 14.3. The lowest BCUT2D eigenvalue weighted by Crippen LogP contribution is -2.37. The first kappa shape index (κ1) is 43.7. The SMILES string of the molecule is C.CC(C)(C)OC(=O)NCC(C(=O)Nc1ccc2cnccc2c1)c1ccsc1.N=NN=NCl.NCC(C(=O)Nc1ccc2cnccc2c1)c1ccsc1. The summed E-state index contributed by atoms with van der Waals surface area (Å²) in [6.45, 7) is 5.83. The molecule has 0 radical (unpaired) electrons. The Kier molecular flexibility index (Phi) is 17.4. The first-order valence-electron chi connectivity index (χ1n) is 16.4. The van der Waals surface area contributed by atoms with Crippen LogP contribution in [0.4, 0.5) is 16.2 Å². The summed E-state index contributed by atoms with van der Waals surface area (Å²) in [5, 5.41) is 25.5. The standard InChI is InChI=1S/C21H23N3O3S.C16H15N3OS.CH4.ClHN4/c1-21(2,3)27-20(26)23-12-18(16-7-9-28-13-16)19(25)24-17-5-4-15-11-22-8-6-14(15)10-17;17-8-15(13-4-6-21-10-13)16(20)19-14-2-1-12-9-18-5-3-11(12)7-14;;1-3-5-4-2/h4-11,13,18H,12H2,1-3H3,(H,23,26)(H,24,25);1-7,9-10,15H,8,17H2,(H,19,20);1H4;2H. The molecule has 2 unspecified atom stereocenters. The first-order valence-corrected chi connectivity index (χ1v) is 18.6. The minimum atomic E-state index is -0.593. The van der Waals surface area contributed by atoms with E-state index < -0.39 is 17.6 Å². The molecular weight excluding hydrogens is 760 g/mol. The quantitative estimate of drug-likeness (QED) is 0.0668. The van der Waals surface area contributed by atoms with Crippen molar-refractivity contribution in [2.45, 2.75) is 45.6 Å². The maximum atomic E-state index is 12.9. The van der Waals surface area contributed by atoms with E-state index in [0.29, 0.717) is 12.2 Å². The number of nitrogens with zero attached hydrogens (tertiary/aromatic N) is 5. The molecule has 6 rings (SSSR count). The van der Waals surface area contributed by atoms with E-state index in [0.717, 1.165) is 38.4 Å². The maximum Gasteiger partial charge on any atom is 0.407 e. The van der Waals surface area contributed by atoms with Crippen LogP contribution in [0, 0.1) is 5.53 Å². The van der Waals surface area contributed by atoms with Crippen molar-refractivity contribution in [1.29, 1.82) is 5.53 Å². The van der Waals surface area contributed by atoms with Gasteiger partial charge in [-0.3, -0.25) is 19.6 Å². The van der Waals surface area contributed by atoms with E-state index in [-0.39, 0.29) is 31.7 Å². The number of nitrogens with two attached hydrogens (primary N) is 1. The van der Waals surface area contributed by atoms with Crippen molar-refractivity contribution in [1.82, 2.24) is 15.3 Å². The van der Waals surface area contributed by atoms with Crippen LogP contribution in [0.2, 0.25) is 0 Å². The Labute approximate surface area is 332 Å². The van der Waals surface area contributed by atoms with Gasteiger partial charge in [0, 0.05) is 60.0 Å². The van der Waals surface area contributed by atoms with Crippen LogP contribution in [0.1, 0.15) is 51.2 Å². The molecule has 0 bridgehead atoms. The second-order valence-electron chi connectivity index (χ2n) is 12.5. The molecule has 6 aromatic rings. The number of carbonyl (C=O) groups is 3. The highest BCUT2D eigenvalue weighted by Gasteiger charge is 2.24. The van der Waals surface area contributed by atoms with E-state index >= 15 is 0 Å². The van der Waals surface area contributed by atoms with Gasteiger partial charge in [-0.1, -0.05) is 24.2 Å². The van der Waals surface area contributed by atoms with E-state index in [1.165, 1.54) is 11.3 Å². The predicted molar refractivity (Wildman–Crippen MR) is 221 cm³/mol. The highest BCUT2D eigenvalue weighted by atomic mass is 35.5. The molecule has 0 fully saturated rings. The van der Waals surface area contributed by atoms with Crippen molar-refractivity contribution >= 4 is 85.3 Å². The molecule has 17 heteroatoms. The fourth-order valence-corrected chi connectivity index (χ4v) is 6.46. The fraction of sp³-hybridized carbons (Fsp3) is 0.237. The number of hydrogen-bond acceptors (Lipinski definition) is 11. The number of benzene rings is 2. The van der Waals surface area contributed by atoms with Crippen LogP contribution in [0.5, 0.6) is 0 Å². The van der Waals surface area contributed by atoms with Crippen LogP contribution in [-0.4, -0.2) is 46.6 Å². The molecule has 0 aliphatic heterocycles. The molecule has 0 saturated heterocycles. The number of aromatic nitrogens is 2. The summed E-state index contributed by atoms with van der Waals surface area (Å²) in [4.78, 5) is 45.5. The number of amides is 3. The predicted octanol–water partition coefficient (Wildman–Crippen LogP) is 9.70. The minimum absolute atomic E-state index is 0. The zero-order valence-electron chi connectivity index (χ0n) is 29.6. The molecular formula is C38H43ClN10O4S2. The Morgan fingerprint density at radius 2 is 1.33 bits per heavy atom. The second-order valence-corrected chi connectivity index (χ2v) is 14.2. The largest absolute Gasteiger partial charge is 0.444 e. The van der Waals surface area contributed by atoms with Gasteiger partial charge in [0.2, 0.25) is 11.8 Å². The molecule has 14 nitrogen and oxygen atoms in total. The molecule has 0 spiro atoms. The highest BCUT2D eigenvalue weighted by Crippen LogP contribution is 2.24. The number of halogens is 1. The molecule has 2 aromatic carbocycles. The smallest absolute Gasteiger partial charge is 0.407 e. The van der Waals surface area contributed by atoms with Crippen molar-refractivity contribution in [2.24, 2.45) is 20.8 Å². The first-order chi connectivity index (χ1) is 26.0. The Morgan fingerprint density at radius 3 is 1.75 bits per heavy atom. The van der Waals surface area contributed by atoms with Crippen LogP contribution in [0.3, 0.4) is 0 Å². The molecule has 0 aliphatic carbocycles. The number of alkyl carbamates (subject to hydrolysis) is 1. The normalized spacial score (nSPS) is 11.8. The lowest BCUT2D eigenvalue weighted by molar-refractivity contribution is -0.118. The molecule has 0 saturated carbocycles. The second kappa shape index (κ2) is 21.9. The lowest BCUT2D eigenvalue weighted by Gasteiger charge is -2.21. The minimum Gasteiger partial charge on any atom is -0.444 e. The fourth-order valence-electron chi connectivity index (χ4n) is 5.00. The van der Waals surface area contributed by atoms with Crippen LogP contribution in [0.25, 0.3) is 21.5 Å². The number of pyridine rings is 2. The number of hydrogen-bond donors (Lipinski definition) is 5. The van der Waals surface area contributed by atoms with Crippen LogP contribution in [0.15, 0.2) is 122 Å². The van der Waals surface area contributed by atoms with Gasteiger partial charge >= 0.3 is 6.09 Å². The van der Waals surface area contributed by atoms with Crippen molar-refractivity contribution < 1.29 is 19.1 Å². The third kappa shape index (κ3) is 13.9. The summed E-state index contributed by atoms with van der Waals surface area (Å²) < 4.78 is 7.86. The van der Waals surface area contributed by atoms with Gasteiger partial charge in [-0.05, 0) is 123 Å². The lowest BCUT2D eigenvalue weighted by atomic mass is 10.0.